The van der Waals surface area contributed by atoms with Gasteiger partial charge in [0.25, 0.3) is 0 Å². The highest BCUT2D eigenvalue weighted by Gasteiger charge is 2.16. The van der Waals surface area contributed by atoms with Gasteiger partial charge in [0, 0.05) is 16.6 Å². The molecule has 0 aliphatic heterocycles. The van der Waals surface area contributed by atoms with E-state index in [1.807, 2.05) is 0 Å². The second-order valence-corrected chi connectivity index (χ2v) is 3.66. The van der Waals surface area contributed by atoms with Crippen LogP contribution in [0.1, 0.15) is 0 Å². The van der Waals surface area contributed by atoms with Gasteiger partial charge in [-0.05, 0) is 0 Å². The van der Waals surface area contributed by atoms with Gasteiger partial charge >= 0.3 is 5.97 Å². The Morgan fingerprint density at radius 2 is 2.00 bits per heavy atom. The molecule has 0 aromatic heterocycles. The van der Waals surface area contributed by atoms with E-state index in [2.05, 4.69) is 0 Å². The van der Waals surface area contributed by atoms with Crippen LogP contribution in [0.2, 0.25) is 0 Å². The first kappa shape index (κ1) is 11.1. The Hall–Kier alpha value is -0.950. The molecule has 1 amide bonds. The summed E-state index contributed by atoms with van der Waals surface area (Å²) >= 11 is 0. The Morgan fingerprint density at radius 3 is 2.33 bits per heavy atom. The third kappa shape index (κ3) is 4.80. The molecular formula is C5H10N2O4S. The first-order valence-corrected chi connectivity index (χ1v) is 4.54. The van der Waals surface area contributed by atoms with Crippen molar-refractivity contribution in [2.45, 2.75) is 6.04 Å². The van der Waals surface area contributed by atoms with Crippen LogP contribution in [-0.4, -0.2) is 38.7 Å². The van der Waals surface area contributed by atoms with Gasteiger partial charge in [0.05, 0.1) is 0 Å². The quantitative estimate of drug-likeness (QED) is 0.451. The lowest BCUT2D eigenvalue weighted by Crippen LogP contribution is -2.37. The van der Waals surface area contributed by atoms with Crippen LogP contribution in [0.4, 0.5) is 0 Å². The van der Waals surface area contributed by atoms with Gasteiger partial charge in [-0.1, -0.05) is 0 Å². The molecule has 7 heteroatoms. The zero-order valence-electron chi connectivity index (χ0n) is 6.23. The van der Waals surface area contributed by atoms with Crippen molar-refractivity contribution < 1.29 is 18.9 Å². The fourth-order valence-electron chi connectivity index (χ4n) is 0.489. The Balaban J connectivity index is 3.85. The summed E-state index contributed by atoms with van der Waals surface area (Å²) in [6, 6.07) is -1.20. The number of rotatable bonds is 5. The molecule has 0 saturated heterocycles. The molecule has 2 atom stereocenters. The molecule has 0 radical (unpaired) electrons. The maximum atomic E-state index is 10.8. The number of primary amides is 1. The number of hydrogen-bond acceptors (Lipinski definition) is 4. The summed E-state index contributed by atoms with van der Waals surface area (Å²) in [7, 11) is -1.58. The van der Waals surface area contributed by atoms with E-state index in [4.69, 9.17) is 16.6 Å². The molecule has 0 aliphatic carbocycles. The van der Waals surface area contributed by atoms with Crippen molar-refractivity contribution >= 4 is 22.7 Å². The minimum atomic E-state index is -1.58. The Kier molecular flexibility index (Phi) is 4.45. The van der Waals surface area contributed by atoms with E-state index in [-0.39, 0.29) is 11.5 Å². The first-order valence-electron chi connectivity index (χ1n) is 3.05. The van der Waals surface area contributed by atoms with Crippen molar-refractivity contribution in [3.05, 3.63) is 0 Å². The van der Waals surface area contributed by atoms with Crippen molar-refractivity contribution in [1.29, 1.82) is 0 Å². The molecule has 12 heavy (non-hydrogen) atoms. The molecule has 6 nitrogen and oxygen atoms in total. The zero-order valence-corrected chi connectivity index (χ0v) is 7.04. The van der Waals surface area contributed by atoms with E-state index in [9.17, 15) is 13.8 Å². The van der Waals surface area contributed by atoms with E-state index >= 15 is 0 Å². The van der Waals surface area contributed by atoms with Crippen molar-refractivity contribution in [2.24, 2.45) is 11.5 Å². The van der Waals surface area contributed by atoms with E-state index in [0.29, 0.717) is 0 Å². The summed E-state index contributed by atoms with van der Waals surface area (Å²) < 4.78 is 10.8. The molecule has 0 saturated carbocycles. The van der Waals surface area contributed by atoms with Gasteiger partial charge < -0.3 is 16.6 Å². The highest BCUT2D eigenvalue weighted by atomic mass is 32.2. The fourth-order valence-corrected chi connectivity index (χ4v) is 1.47. The Bertz CT molecular complexity index is 217. The van der Waals surface area contributed by atoms with E-state index in [0.717, 1.165) is 0 Å². The van der Waals surface area contributed by atoms with Gasteiger partial charge in [0.2, 0.25) is 5.91 Å². The number of carboxylic acids is 1. The van der Waals surface area contributed by atoms with Gasteiger partial charge in [-0.15, -0.1) is 0 Å². The molecule has 0 aromatic rings. The average molecular weight is 194 g/mol. The number of aliphatic carboxylic acids is 1. The molecule has 70 valence electrons. The predicted molar refractivity (Wildman–Crippen MR) is 42.7 cm³/mol. The number of hydrogen-bond donors (Lipinski definition) is 3. The minimum absolute atomic E-state index is 0.252. The van der Waals surface area contributed by atoms with Crippen LogP contribution in [0.5, 0.6) is 0 Å². The van der Waals surface area contributed by atoms with E-state index in [1.165, 1.54) is 0 Å². The number of nitrogens with two attached hydrogens (primary N) is 2. The standard InChI is InChI=1S/C5H10N2O4S/c6-3(5(9)10)1-12(11)2-4(7)8/h3H,1-2,6H2,(H2,7,8)(H,9,10)/t3-,12-/m0/s1. The molecule has 0 aliphatic rings. The molecule has 0 spiro atoms. The number of carbonyl (C=O) groups is 2. The lowest BCUT2D eigenvalue weighted by atomic mass is 10.4. The van der Waals surface area contributed by atoms with Crippen LogP contribution < -0.4 is 11.5 Å². The second kappa shape index (κ2) is 4.83. The van der Waals surface area contributed by atoms with E-state index < -0.39 is 28.7 Å². The molecule has 5 N–H and O–H groups in total. The van der Waals surface area contributed by atoms with Gasteiger partial charge in [-0.25, -0.2) is 0 Å². The summed E-state index contributed by atoms with van der Waals surface area (Å²) in [5.74, 6) is -2.57. The molecule has 0 bridgehead atoms. The van der Waals surface area contributed by atoms with Crippen molar-refractivity contribution in [3.63, 3.8) is 0 Å². The molecule has 0 fully saturated rings. The second-order valence-electron chi connectivity index (χ2n) is 2.16. The molecule has 0 unspecified atom stereocenters. The van der Waals surface area contributed by atoms with Crippen LogP contribution in [0.25, 0.3) is 0 Å². The summed E-state index contributed by atoms with van der Waals surface area (Å²) in [5.41, 5.74) is 9.77. The smallest absolute Gasteiger partial charge is 0.321 e. The van der Waals surface area contributed by atoms with Gasteiger partial charge in [-0.3, -0.25) is 13.8 Å². The first-order chi connectivity index (χ1) is 5.43. The predicted octanol–water partition coefficient (Wildman–Crippen LogP) is -2.37. The zero-order chi connectivity index (χ0) is 9.72. The van der Waals surface area contributed by atoms with Gasteiger partial charge in [-0.2, -0.15) is 0 Å². The maximum absolute atomic E-state index is 10.8. The Morgan fingerprint density at radius 1 is 1.50 bits per heavy atom. The average Bonchev–Trinajstić information content (AvgIpc) is 1.84. The topological polar surface area (TPSA) is 123 Å². The summed E-state index contributed by atoms with van der Waals surface area (Å²) in [6.07, 6.45) is 0. The highest BCUT2D eigenvalue weighted by Crippen LogP contribution is 1.87. The van der Waals surface area contributed by atoms with Crippen LogP contribution >= 0.6 is 0 Å². The molecular weight excluding hydrogens is 184 g/mol. The normalized spacial score (nSPS) is 15.1. The van der Waals surface area contributed by atoms with Crippen molar-refractivity contribution in [1.82, 2.24) is 0 Å². The minimum Gasteiger partial charge on any atom is -0.480 e. The van der Waals surface area contributed by atoms with Gasteiger partial charge in [0.15, 0.2) is 0 Å². The molecule has 0 aromatic carbocycles. The Labute approximate surface area is 71.4 Å². The van der Waals surface area contributed by atoms with Crippen molar-refractivity contribution in [2.75, 3.05) is 11.5 Å². The maximum Gasteiger partial charge on any atom is 0.321 e. The van der Waals surface area contributed by atoms with Crippen LogP contribution in [-0.2, 0) is 20.4 Å². The molecule has 0 heterocycles. The van der Waals surface area contributed by atoms with E-state index in [1.54, 1.807) is 0 Å². The monoisotopic (exact) mass is 194 g/mol. The lowest BCUT2D eigenvalue weighted by molar-refractivity contribution is -0.138. The summed E-state index contributed by atoms with van der Waals surface area (Å²) in [6.45, 7) is 0. The SMILES string of the molecule is NC(=O)C[S@@](=O)C[C@H](N)C(=O)O. The van der Waals surface area contributed by atoms with Crippen LogP contribution in [0, 0.1) is 0 Å². The van der Waals surface area contributed by atoms with Crippen LogP contribution in [0.15, 0.2) is 0 Å². The third-order valence-corrected chi connectivity index (χ3v) is 2.32. The number of carboxylic acid groups (broad SMARTS) is 1. The highest BCUT2D eigenvalue weighted by molar-refractivity contribution is 7.85. The summed E-state index contributed by atoms with van der Waals surface area (Å²) in [5, 5.41) is 8.29. The van der Waals surface area contributed by atoms with Gasteiger partial charge in [0.1, 0.15) is 11.8 Å². The third-order valence-electron chi connectivity index (χ3n) is 0.986. The molecule has 0 rings (SSSR count). The van der Waals surface area contributed by atoms with Crippen LogP contribution in [0.3, 0.4) is 0 Å². The lowest BCUT2D eigenvalue weighted by Gasteiger charge is -2.03. The number of carbonyl (C=O) groups excluding carboxylic acids is 1. The number of amides is 1. The fraction of sp³-hybridized carbons (Fsp3) is 0.600. The summed E-state index contributed by atoms with van der Waals surface area (Å²) in [4.78, 5) is 20.3. The van der Waals surface area contributed by atoms with Crippen molar-refractivity contribution in [3.8, 4) is 0 Å². The largest absolute Gasteiger partial charge is 0.480 e.